The minimum Gasteiger partial charge on any atom is -0.397 e. The third-order valence-corrected chi connectivity index (χ3v) is 11.0. The normalized spacial score (nSPS) is 15.9. The van der Waals surface area contributed by atoms with Crippen molar-refractivity contribution in [1.82, 2.24) is 5.32 Å². The molecular weight excluding hydrogens is 699 g/mol. The van der Waals surface area contributed by atoms with Crippen LogP contribution < -0.4 is 27.0 Å². The van der Waals surface area contributed by atoms with Crippen LogP contribution in [0.2, 0.25) is 0 Å². The summed E-state index contributed by atoms with van der Waals surface area (Å²) in [6.45, 7) is 6.38. The van der Waals surface area contributed by atoms with Crippen LogP contribution in [0, 0.1) is 13.8 Å². The van der Waals surface area contributed by atoms with Crippen molar-refractivity contribution in [3.8, 4) is 33.4 Å². The van der Waals surface area contributed by atoms with Crippen LogP contribution >= 0.6 is 0 Å². The van der Waals surface area contributed by atoms with Gasteiger partial charge in [-0.2, -0.15) is 0 Å². The number of amidine groups is 2. The summed E-state index contributed by atoms with van der Waals surface area (Å²) in [5.74, 6) is 1.43. The van der Waals surface area contributed by atoms with Crippen LogP contribution in [0.25, 0.3) is 33.4 Å². The molecule has 2 unspecified atom stereocenters. The molecule has 0 saturated carbocycles. The van der Waals surface area contributed by atoms with E-state index in [2.05, 4.69) is 188 Å². The molecule has 57 heavy (non-hydrogen) atoms. The fraction of sp³-hybridized carbons (Fsp3) is 0.120. The van der Waals surface area contributed by atoms with Gasteiger partial charge >= 0.3 is 0 Å². The van der Waals surface area contributed by atoms with Crippen molar-refractivity contribution < 1.29 is 0 Å². The van der Waals surface area contributed by atoms with Crippen molar-refractivity contribution in [2.75, 3.05) is 21.7 Å². The zero-order valence-corrected chi connectivity index (χ0v) is 32.4. The predicted octanol–water partition coefficient (Wildman–Crippen LogP) is 11.3. The third kappa shape index (κ3) is 6.89. The molecule has 0 aliphatic carbocycles. The van der Waals surface area contributed by atoms with E-state index in [1.54, 1.807) is 0 Å². The van der Waals surface area contributed by atoms with Crippen molar-refractivity contribution in [2.24, 2.45) is 9.98 Å². The minimum absolute atomic E-state index is 0.218. The predicted molar refractivity (Wildman–Crippen MR) is 239 cm³/mol. The molecule has 2 heterocycles. The number of hydrogen-bond acceptors (Lipinski definition) is 7. The monoisotopic (exact) mass is 743 g/mol. The van der Waals surface area contributed by atoms with E-state index in [0.717, 1.165) is 68.0 Å². The van der Waals surface area contributed by atoms with Crippen LogP contribution in [0.4, 0.5) is 28.4 Å². The van der Waals surface area contributed by atoms with E-state index in [9.17, 15) is 0 Å². The quantitative estimate of drug-likeness (QED) is 0.116. The molecule has 0 amide bonds. The van der Waals surface area contributed by atoms with Crippen LogP contribution in [-0.2, 0) is 0 Å². The second-order valence-corrected chi connectivity index (χ2v) is 14.9. The SMILES string of the molecule is CCC1Nc2ccccc2N1c1ccc(-c2cccc(-c3ccc(-c4cccc(C5=NC(c6ccc(C)cc6)=NC(c6ccc(C)cc6)N5)c4)c(N)c3N)c2)cc1. The number of fused-ring (bicyclic) bond motifs is 1. The van der Waals surface area contributed by atoms with E-state index in [4.69, 9.17) is 21.5 Å². The summed E-state index contributed by atoms with van der Waals surface area (Å²) >= 11 is 0. The smallest absolute Gasteiger partial charge is 0.159 e. The Balaban J connectivity index is 0.998. The van der Waals surface area contributed by atoms with Crippen LogP contribution in [0.1, 0.15) is 47.3 Å². The number of para-hydroxylation sites is 2. The number of anilines is 5. The first kappa shape index (κ1) is 35.6. The number of aryl methyl sites for hydroxylation is 2. The molecule has 7 heteroatoms. The zero-order chi connectivity index (χ0) is 39.0. The summed E-state index contributed by atoms with van der Waals surface area (Å²) in [5.41, 5.74) is 29.7. The summed E-state index contributed by atoms with van der Waals surface area (Å²) in [6, 6.07) is 55.0. The first-order valence-electron chi connectivity index (χ1n) is 19.5. The molecule has 2 aliphatic rings. The average Bonchev–Trinajstić information content (AvgIpc) is 3.64. The molecule has 7 aromatic rings. The van der Waals surface area contributed by atoms with E-state index in [-0.39, 0.29) is 12.3 Å². The lowest BCUT2D eigenvalue weighted by atomic mass is 9.93. The van der Waals surface area contributed by atoms with Crippen molar-refractivity contribution >= 4 is 40.1 Å². The molecular formula is C50H45N7. The van der Waals surface area contributed by atoms with Gasteiger partial charge in [-0.05, 0) is 84.5 Å². The van der Waals surface area contributed by atoms with Gasteiger partial charge in [-0.1, -0.05) is 139 Å². The van der Waals surface area contributed by atoms with Crippen molar-refractivity contribution in [3.05, 3.63) is 186 Å². The lowest BCUT2D eigenvalue weighted by Gasteiger charge is -2.26. The maximum atomic E-state index is 6.88. The topological polar surface area (TPSA) is 104 Å². The van der Waals surface area contributed by atoms with Crippen LogP contribution in [-0.4, -0.2) is 17.8 Å². The molecule has 7 nitrogen and oxygen atoms in total. The van der Waals surface area contributed by atoms with E-state index in [0.29, 0.717) is 17.2 Å². The van der Waals surface area contributed by atoms with Gasteiger partial charge in [0.25, 0.3) is 0 Å². The molecule has 7 aromatic carbocycles. The molecule has 2 aliphatic heterocycles. The van der Waals surface area contributed by atoms with Crippen molar-refractivity contribution in [1.29, 1.82) is 0 Å². The second kappa shape index (κ2) is 14.8. The molecule has 9 rings (SSSR count). The number of aliphatic imine (C=N–C) groups is 2. The number of hydrogen-bond donors (Lipinski definition) is 4. The number of rotatable bonds is 8. The molecule has 2 atom stereocenters. The summed E-state index contributed by atoms with van der Waals surface area (Å²) in [4.78, 5) is 12.5. The van der Waals surface area contributed by atoms with E-state index in [1.807, 2.05) is 6.07 Å². The molecule has 0 spiro atoms. The first-order valence-corrected chi connectivity index (χ1v) is 19.5. The highest BCUT2D eigenvalue weighted by atomic mass is 15.3. The number of nitrogen functional groups attached to an aromatic ring is 2. The van der Waals surface area contributed by atoms with Gasteiger partial charge in [0, 0.05) is 27.9 Å². The second-order valence-electron chi connectivity index (χ2n) is 14.9. The van der Waals surface area contributed by atoms with Gasteiger partial charge < -0.3 is 27.0 Å². The summed E-state index contributed by atoms with van der Waals surface area (Å²) in [5, 5.41) is 7.25. The number of nitrogens with zero attached hydrogens (tertiary/aromatic N) is 3. The number of nitrogens with two attached hydrogens (primary N) is 2. The Kier molecular flexibility index (Phi) is 9.27. The van der Waals surface area contributed by atoms with E-state index >= 15 is 0 Å². The highest BCUT2D eigenvalue weighted by Gasteiger charge is 2.28. The van der Waals surface area contributed by atoms with Gasteiger partial charge in [-0.25, -0.2) is 9.98 Å². The van der Waals surface area contributed by atoms with Crippen LogP contribution in [0.3, 0.4) is 0 Å². The highest BCUT2D eigenvalue weighted by molar-refractivity contribution is 6.13. The molecule has 0 fully saturated rings. The molecule has 0 aromatic heterocycles. The van der Waals surface area contributed by atoms with E-state index in [1.165, 1.54) is 22.5 Å². The summed E-state index contributed by atoms with van der Waals surface area (Å²) in [6.07, 6.45) is 0.912. The van der Waals surface area contributed by atoms with Gasteiger partial charge in [0.1, 0.15) is 18.2 Å². The maximum absolute atomic E-state index is 6.88. The Labute approximate surface area is 334 Å². The standard InChI is InChI=1S/C50H45N7/c1-4-45-53-43-13-5-6-14-44(43)57(45)40-25-23-33(24-26-40)36-9-7-10-37(29-36)41-27-28-42(47(52)46(41)51)38-11-8-12-39(30-38)50-55-48(34-19-15-31(2)16-20-34)54-49(56-50)35-21-17-32(3)18-22-35/h5-30,45,48,53H,4,51-52H2,1-3H3,(H,54,55,56). The Hall–Kier alpha value is -7.12. The number of benzene rings is 7. The van der Waals surface area contributed by atoms with Crippen molar-refractivity contribution in [3.63, 3.8) is 0 Å². The lowest BCUT2D eigenvalue weighted by Crippen LogP contribution is -2.33. The fourth-order valence-electron chi connectivity index (χ4n) is 7.82. The van der Waals surface area contributed by atoms with Gasteiger partial charge in [0.05, 0.1) is 22.7 Å². The van der Waals surface area contributed by atoms with E-state index < -0.39 is 0 Å². The molecule has 0 saturated heterocycles. The Morgan fingerprint density at radius 2 is 1.14 bits per heavy atom. The van der Waals surface area contributed by atoms with Gasteiger partial charge in [-0.15, -0.1) is 0 Å². The molecule has 280 valence electrons. The number of nitrogens with one attached hydrogen (secondary N) is 2. The Bertz CT molecular complexity index is 2660. The summed E-state index contributed by atoms with van der Waals surface area (Å²) < 4.78 is 0. The molecule has 6 N–H and O–H groups in total. The first-order chi connectivity index (χ1) is 27.8. The highest BCUT2D eigenvalue weighted by Crippen LogP contribution is 2.42. The Morgan fingerprint density at radius 1 is 0.561 bits per heavy atom. The zero-order valence-electron chi connectivity index (χ0n) is 32.4. The molecule has 0 radical (unpaired) electrons. The third-order valence-electron chi connectivity index (χ3n) is 11.0. The summed E-state index contributed by atoms with van der Waals surface area (Å²) in [7, 11) is 0. The largest absolute Gasteiger partial charge is 0.397 e. The van der Waals surface area contributed by atoms with Crippen molar-refractivity contribution in [2.45, 2.75) is 39.5 Å². The van der Waals surface area contributed by atoms with Gasteiger partial charge in [0.15, 0.2) is 5.84 Å². The minimum atomic E-state index is -0.292. The van der Waals surface area contributed by atoms with Gasteiger partial charge in [0.2, 0.25) is 0 Å². The lowest BCUT2D eigenvalue weighted by molar-refractivity contribution is 0.674. The maximum Gasteiger partial charge on any atom is 0.159 e. The average molecular weight is 744 g/mol. The van der Waals surface area contributed by atoms with Crippen LogP contribution in [0.15, 0.2) is 168 Å². The molecule has 0 bridgehead atoms. The fourth-order valence-corrected chi connectivity index (χ4v) is 7.82. The van der Waals surface area contributed by atoms with Gasteiger partial charge in [-0.3, -0.25) is 0 Å². The Morgan fingerprint density at radius 3 is 1.81 bits per heavy atom. The van der Waals surface area contributed by atoms with Crippen LogP contribution in [0.5, 0.6) is 0 Å².